The summed E-state index contributed by atoms with van der Waals surface area (Å²) in [5.74, 6) is 0.171. The van der Waals surface area contributed by atoms with Crippen LogP contribution in [0.25, 0.3) is 5.69 Å². The van der Waals surface area contributed by atoms with Gasteiger partial charge in [0.05, 0.1) is 29.2 Å². The highest BCUT2D eigenvalue weighted by Crippen LogP contribution is 2.35. The van der Waals surface area contributed by atoms with E-state index in [9.17, 15) is 18.0 Å². The van der Waals surface area contributed by atoms with Crippen LogP contribution in [-0.2, 0) is 10.9 Å². The Morgan fingerprint density at radius 2 is 1.94 bits per heavy atom. The van der Waals surface area contributed by atoms with Crippen LogP contribution in [0.4, 0.5) is 18.9 Å². The van der Waals surface area contributed by atoms with E-state index < -0.39 is 17.3 Å². The predicted octanol–water partition coefficient (Wildman–Crippen LogP) is 5.09. The highest BCUT2D eigenvalue weighted by molar-refractivity contribution is 6.32. The van der Waals surface area contributed by atoms with E-state index in [4.69, 9.17) is 16.3 Å². The molecule has 4 rings (SSSR count). The average molecular weight is 450 g/mol. The quantitative estimate of drug-likeness (QED) is 0.589. The second-order valence-corrected chi connectivity index (χ2v) is 7.65. The molecule has 1 aliphatic rings. The standard InChI is InChI=1S/C22H19ClF3N3O2/c23-19-18(27-12-15-9-10-31-20(15)14-5-2-1-3-6-14)13-28-29(21(19)30)17-8-4-7-16(11-17)22(24,25)26/h1-8,11,13,15,20,27H,9-10,12H2. The largest absolute Gasteiger partial charge is 0.416 e. The minimum Gasteiger partial charge on any atom is -0.382 e. The van der Waals surface area contributed by atoms with Gasteiger partial charge in [-0.2, -0.15) is 23.0 Å². The van der Waals surface area contributed by atoms with E-state index in [-0.39, 0.29) is 22.7 Å². The van der Waals surface area contributed by atoms with Crippen molar-refractivity contribution in [1.29, 1.82) is 0 Å². The molecule has 0 radical (unpaired) electrons. The van der Waals surface area contributed by atoms with Gasteiger partial charge in [-0.3, -0.25) is 4.79 Å². The molecular formula is C22H19ClF3N3O2. The maximum atomic E-state index is 13.0. The SMILES string of the molecule is O=c1c(Cl)c(NCC2CCOC2c2ccccc2)cnn1-c1cccc(C(F)(F)F)c1. The number of hydrogen-bond donors (Lipinski definition) is 1. The van der Waals surface area contributed by atoms with E-state index in [1.54, 1.807) is 0 Å². The van der Waals surface area contributed by atoms with Gasteiger partial charge >= 0.3 is 6.18 Å². The summed E-state index contributed by atoms with van der Waals surface area (Å²) in [6.45, 7) is 1.14. The Morgan fingerprint density at radius 1 is 1.16 bits per heavy atom. The van der Waals surface area contributed by atoms with Crippen LogP contribution in [0.5, 0.6) is 0 Å². The average Bonchev–Trinajstić information content (AvgIpc) is 3.23. The molecule has 2 heterocycles. The number of halogens is 4. The monoisotopic (exact) mass is 449 g/mol. The first-order chi connectivity index (χ1) is 14.8. The van der Waals surface area contributed by atoms with Crippen molar-refractivity contribution in [2.45, 2.75) is 18.7 Å². The lowest BCUT2D eigenvalue weighted by molar-refractivity contribution is -0.137. The Balaban J connectivity index is 1.53. The normalized spacial score (nSPS) is 18.8. The van der Waals surface area contributed by atoms with Crippen LogP contribution in [0.1, 0.15) is 23.7 Å². The third-order valence-electron chi connectivity index (χ3n) is 5.23. The van der Waals surface area contributed by atoms with Crippen molar-refractivity contribution in [3.05, 3.63) is 87.3 Å². The van der Waals surface area contributed by atoms with Crippen LogP contribution in [0, 0.1) is 5.92 Å². The molecule has 5 nitrogen and oxygen atoms in total. The molecule has 3 aromatic rings. The van der Waals surface area contributed by atoms with Crippen LogP contribution < -0.4 is 10.9 Å². The molecule has 0 amide bonds. The summed E-state index contributed by atoms with van der Waals surface area (Å²) >= 11 is 6.23. The van der Waals surface area contributed by atoms with Crippen LogP contribution in [0.3, 0.4) is 0 Å². The van der Waals surface area contributed by atoms with E-state index in [1.165, 1.54) is 18.3 Å². The second kappa shape index (κ2) is 8.72. The first-order valence-electron chi connectivity index (χ1n) is 9.70. The third-order valence-corrected chi connectivity index (χ3v) is 5.60. The van der Waals surface area contributed by atoms with Crippen molar-refractivity contribution in [1.82, 2.24) is 9.78 Å². The minimum atomic E-state index is -4.52. The third kappa shape index (κ3) is 4.60. The number of alkyl halides is 3. The van der Waals surface area contributed by atoms with Gasteiger partial charge in [-0.05, 0) is 30.2 Å². The molecule has 2 atom stereocenters. The van der Waals surface area contributed by atoms with Crippen molar-refractivity contribution < 1.29 is 17.9 Å². The molecule has 0 saturated carbocycles. The second-order valence-electron chi connectivity index (χ2n) is 7.27. The molecule has 162 valence electrons. The molecule has 31 heavy (non-hydrogen) atoms. The lowest BCUT2D eigenvalue weighted by atomic mass is 9.95. The van der Waals surface area contributed by atoms with Gasteiger partial charge in [-0.25, -0.2) is 0 Å². The topological polar surface area (TPSA) is 56.1 Å². The van der Waals surface area contributed by atoms with E-state index in [1.807, 2.05) is 30.3 Å². The van der Waals surface area contributed by atoms with Crippen LogP contribution >= 0.6 is 11.6 Å². The molecule has 1 aliphatic heterocycles. The fourth-order valence-electron chi connectivity index (χ4n) is 3.65. The molecule has 9 heteroatoms. The fourth-order valence-corrected chi connectivity index (χ4v) is 3.84. The van der Waals surface area contributed by atoms with Gasteiger partial charge in [0.1, 0.15) is 5.02 Å². The molecule has 0 bridgehead atoms. The Bertz CT molecular complexity index is 1120. The lowest BCUT2D eigenvalue weighted by Crippen LogP contribution is -2.24. The zero-order chi connectivity index (χ0) is 22.0. The number of aromatic nitrogens is 2. The van der Waals surface area contributed by atoms with Gasteiger partial charge in [0.25, 0.3) is 5.56 Å². The molecular weight excluding hydrogens is 431 g/mol. The van der Waals surface area contributed by atoms with Crippen molar-refractivity contribution >= 4 is 17.3 Å². The smallest absolute Gasteiger partial charge is 0.382 e. The zero-order valence-electron chi connectivity index (χ0n) is 16.3. The number of nitrogens with zero attached hydrogens (tertiary/aromatic N) is 2. The number of rotatable bonds is 5. The Kier molecular flexibility index (Phi) is 6.02. The van der Waals surface area contributed by atoms with Gasteiger partial charge in [0.15, 0.2) is 0 Å². The summed E-state index contributed by atoms with van der Waals surface area (Å²) in [6.07, 6.45) is -2.40. The first kappa shape index (κ1) is 21.4. The zero-order valence-corrected chi connectivity index (χ0v) is 17.0. The minimum absolute atomic E-state index is 0.0124. The fraction of sp³-hybridized carbons (Fsp3) is 0.273. The number of anilines is 1. The van der Waals surface area contributed by atoms with Gasteiger partial charge in [0.2, 0.25) is 0 Å². The molecule has 0 aliphatic carbocycles. The molecule has 1 saturated heterocycles. The van der Waals surface area contributed by atoms with E-state index in [0.29, 0.717) is 18.8 Å². The maximum Gasteiger partial charge on any atom is 0.416 e. The van der Waals surface area contributed by atoms with Crippen LogP contribution in [0.2, 0.25) is 5.02 Å². The van der Waals surface area contributed by atoms with Crippen molar-refractivity contribution in [3.63, 3.8) is 0 Å². The van der Waals surface area contributed by atoms with E-state index >= 15 is 0 Å². The number of ether oxygens (including phenoxy) is 1. The van der Waals surface area contributed by atoms with Crippen molar-refractivity contribution in [3.8, 4) is 5.69 Å². The predicted molar refractivity (Wildman–Crippen MR) is 112 cm³/mol. The highest BCUT2D eigenvalue weighted by Gasteiger charge is 2.31. The van der Waals surface area contributed by atoms with E-state index in [2.05, 4.69) is 10.4 Å². The molecule has 1 aromatic heterocycles. The van der Waals surface area contributed by atoms with Crippen molar-refractivity contribution in [2.24, 2.45) is 5.92 Å². The van der Waals surface area contributed by atoms with Gasteiger partial charge in [-0.1, -0.05) is 48.0 Å². The summed E-state index contributed by atoms with van der Waals surface area (Å²) in [5.41, 5.74) is -0.176. The summed E-state index contributed by atoms with van der Waals surface area (Å²) in [5, 5.41) is 7.02. The van der Waals surface area contributed by atoms with E-state index in [0.717, 1.165) is 28.8 Å². The Labute approximate surface area is 181 Å². The summed E-state index contributed by atoms with van der Waals surface area (Å²) in [6, 6.07) is 14.2. The van der Waals surface area contributed by atoms with Gasteiger partial charge in [0, 0.05) is 19.1 Å². The molecule has 0 spiro atoms. The number of benzene rings is 2. The van der Waals surface area contributed by atoms with Crippen LogP contribution in [-0.4, -0.2) is 22.9 Å². The number of nitrogens with one attached hydrogen (secondary N) is 1. The molecule has 2 aromatic carbocycles. The highest BCUT2D eigenvalue weighted by atomic mass is 35.5. The summed E-state index contributed by atoms with van der Waals surface area (Å²) in [4.78, 5) is 12.7. The van der Waals surface area contributed by atoms with Crippen LogP contribution in [0.15, 0.2) is 65.6 Å². The molecule has 1 fully saturated rings. The summed E-state index contributed by atoms with van der Waals surface area (Å²) in [7, 11) is 0. The maximum absolute atomic E-state index is 13.0. The Morgan fingerprint density at radius 3 is 2.68 bits per heavy atom. The first-order valence-corrected chi connectivity index (χ1v) is 10.1. The van der Waals surface area contributed by atoms with Gasteiger partial charge < -0.3 is 10.1 Å². The Hall–Kier alpha value is -2.84. The number of hydrogen-bond acceptors (Lipinski definition) is 4. The molecule has 1 N–H and O–H groups in total. The lowest BCUT2D eigenvalue weighted by Gasteiger charge is -2.20. The molecule has 2 unspecified atom stereocenters. The van der Waals surface area contributed by atoms with Crippen molar-refractivity contribution in [2.75, 3.05) is 18.5 Å². The summed E-state index contributed by atoms with van der Waals surface area (Å²) < 4.78 is 45.6. The van der Waals surface area contributed by atoms with Gasteiger partial charge in [-0.15, -0.1) is 0 Å².